The molecular formula is C35H46FN3O15Si. The van der Waals surface area contributed by atoms with E-state index in [-0.39, 0.29) is 36.5 Å². The largest absolute Gasteiger partial charge is 0.396 e. The van der Waals surface area contributed by atoms with E-state index in [1.807, 2.05) is 0 Å². The second kappa shape index (κ2) is 15.5. The van der Waals surface area contributed by atoms with Crippen LogP contribution in [0, 0.1) is 5.92 Å². The quantitative estimate of drug-likeness (QED) is 0.0955. The molecule has 20 heteroatoms. The number of ether oxygens (including phenoxy) is 3. The Morgan fingerprint density at radius 3 is 1.89 bits per heavy atom. The molecule has 0 unspecified atom stereocenters. The maximum absolute atomic E-state index is 16.1. The average Bonchev–Trinajstić information content (AvgIpc) is 3.55. The Bertz CT molecular complexity index is 1790. The minimum Gasteiger partial charge on any atom is -0.396 e. The number of fused-ring (bicyclic) bond motifs is 2. The van der Waals surface area contributed by atoms with Gasteiger partial charge in [-0.2, -0.15) is 0 Å². The Morgan fingerprint density at radius 1 is 0.818 bits per heavy atom. The summed E-state index contributed by atoms with van der Waals surface area (Å²) in [5.74, 6) is -3.27. The lowest BCUT2D eigenvalue weighted by atomic mass is 9.82. The fourth-order valence-corrected chi connectivity index (χ4v) is 10.7. The Kier molecular flexibility index (Phi) is 11.6. The first-order chi connectivity index (χ1) is 25.8. The molecule has 4 aliphatic rings. The number of aliphatic hydroxyl groups excluding tert-OH is 9. The Hall–Kier alpha value is -3.48. The summed E-state index contributed by atoms with van der Waals surface area (Å²) >= 11 is 0. The highest BCUT2D eigenvalue weighted by atomic mass is 28.4. The molecule has 302 valence electrons. The first-order valence-electron chi connectivity index (χ1n) is 17.7. The molecule has 0 aliphatic carbocycles. The highest BCUT2D eigenvalue weighted by Gasteiger charge is 2.66. The minimum absolute atomic E-state index is 0.0394. The van der Waals surface area contributed by atoms with E-state index in [2.05, 4.69) is 10.6 Å². The van der Waals surface area contributed by atoms with Crippen LogP contribution in [0.1, 0.15) is 24.5 Å². The molecular weight excluding hydrogens is 749 g/mol. The van der Waals surface area contributed by atoms with Crippen molar-refractivity contribution in [2.24, 2.45) is 5.92 Å². The number of hydrogen-bond donors (Lipinski definition) is 11. The Balaban J connectivity index is 1.32. The molecule has 6 rings (SSSR count). The van der Waals surface area contributed by atoms with Gasteiger partial charge in [0.1, 0.15) is 36.6 Å². The summed E-state index contributed by atoms with van der Waals surface area (Å²) in [5, 5.41) is 95.2. The van der Waals surface area contributed by atoms with E-state index in [9.17, 15) is 60.3 Å². The zero-order valence-electron chi connectivity index (χ0n) is 30.0. The summed E-state index contributed by atoms with van der Waals surface area (Å²) in [6, 6.07) is 10.7. The van der Waals surface area contributed by atoms with Gasteiger partial charge in [0.05, 0.1) is 18.3 Å². The van der Waals surface area contributed by atoms with Gasteiger partial charge in [-0.3, -0.25) is 14.4 Å². The van der Waals surface area contributed by atoms with Crippen LogP contribution in [0.3, 0.4) is 0 Å². The van der Waals surface area contributed by atoms with Crippen LogP contribution in [0.4, 0.5) is 21.2 Å². The number of hydrogen-bond acceptors (Lipinski definition) is 15. The van der Waals surface area contributed by atoms with Gasteiger partial charge < -0.3 is 79.8 Å². The predicted octanol–water partition coefficient (Wildman–Crippen LogP) is -2.13. The Labute approximate surface area is 314 Å². The van der Waals surface area contributed by atoms with Gasteiger partial charge in [0.15, 0.2) is 30.4 Å². The summed E-state index contributed by atoms with van der Waals surface area (Å²) in [5.41, 5.74) is -1.21. The summed E-state index contributed by atoms with van der Waals surface area (Å²) in [6.07, 6.45) is -19.5. The van der Waals surface area contributed by atoms with E-state index < -0.39 is 111 Å². The predicted molar refractivity (Wildman–Crippen MR) is 189 cm³/mol. The minimum atomic E-state index is -3.57. The fraction of sp³-hybridized carbons (Fsp3) is 0.571. The fourth-order valence-electron chi connectivity index (χ4n) is 8.19. The summed E-state index contributed by atoms with van der Waals surface area (Å²) < 4.78 is 32.7. The van der Waals surface area contributed by atoms with Crippen LogP contribution in [-0.2, 0) is 40.7 Å². The Morgan fingerprint density at radius 2 is 1.36 bits per heavy atom. The number of anilines is 3. The third-order valence-corrected chi connectivity index (χ3v) is 13.3. The summed E-state index contributed by atoms with van der Waals surface area (Å²) in [7, 11) is -3.57. The van der Waals surface area contributed by atoms with E-state index in [1.165, 1.54) is 48.3 Å². The molecule has 18 nitrogen and oxygen atoms in total. The van der Waals surface area contributed by atoms with Crippen LogP contribution in [0.2, 0.25) is 18.6 Å². The SMILES string of the molecule is C[C@@H]1[C@@H]([Si](C)(C)F)[C@H](CCO)O[C@@]12C(=O)N(Cc1cccc(NC(=O)[C@H]3O[C@@H](O)[C@H](O)[C@@H](O)[C@@H]3O)c1)c1ccc(NC(=O)[C@H]3O[C@@H](O)[C@H](O)[C@@H](O)[C@@H]3O)cc12. The highest BCUT2D eigenvalue weighted by molar-refractivity contribution is 6.72. The second-order valence-corrected chi connectivity index (χ2v) is 18.7. The van der Waals surface area contributed by atoms with Gasteiger partial charge in [-0.25, -0.2) is 0 Å². The van der Waals surface area contributed by atoms with E-state index in [1.54, 1.807) is 19.1 Å². The molecule has 4 aliphatic heterocycles. The van der Waals surface area contributed by atoms with Crippen molar-refractivity contribution < 1.29 is 78.7 Å². The molecule has 1 spiro atoms. The van der Waals surface area contributed by atoms with Crippen molar-refractivity contribution in [1.82, 2.24) is 0 Å². The molecule has 3 amide bonds. The van der Waals surface area contributed by atoms with Crippen LogP contribution in [0.15, 0.2) is 42.5 Å². The topological polar surface area (TPSA) is 288 Å². The van der Waals surface area contributed by atoms with Crippen molar-refractivity contribution in [2.45, 2.75) is 112 Å². The van der Waals surface area contributed by atoms with Gasteiger partial charge in [0, 0.05) is 35.0 Å². The molecule has 3 saturated heterocycles. The van der Waals surface area contributed by atoms with Gasteiger partial charge in [-0.15, -0.1) is 0 Å². The van der Waals surface area contributed by atoms with Crippen LogP contribution < -0.4 is 15.5 Å². The third-order valence-electron chi connectivity index (χ3n) is 10.9. The standard InChI is InChI=1S/C35H46FN3O15Si/c1-14-29(55(2,3)36)20(9-10-40)54-35(14)18-12-17(38-31(48)28-24(44)22(42)26(46)33(50)53-28)7-8-19(18)39(34(35)51)13-15-5-4-6-16(11-15)37-30(47)27-23(43)21(41)25(45)32(49)52-27/h4-8,11-12,14,20-29,32-33,40-46,49-50H,9-10,13H2,1-3H3,(H,37,47)(H,38,48)/t14-,20+,21+,22+,23+,24+,25-,26-,27+,28+,29-,32-,33-,35+/m1/s1. The van der Waals surface area contributed by atoms with Crippen molar-refractivity contribution in [1.29, 1.82) is 0 Å². The summed E-state index contributed by atoms with van der Waals surface area (Å²) in [4.78, 5) is 42.4. The lowest BCUT2D eigenvalue weighted by molar-refractivity contribution is -0.274. The zero-order valence-corrected chi connectivity index (χ0v) is 31.0. The molecule has 0 aromatic heterocycles. The maximum Gasteiger partial charge on any atom is 0.264 e. The van der Waals surface area contributed by atoms with E-state index in [0.29, 0.717) is 11.3 Å². The molecule has 14 atom stereocenters. The molecule has 55 heavy (non-hydrogen) atoms. The molecule has 0 saturated carbocycles. The average molecular weight is 796 g/mol. The number of nitrogens with one attached hydrogen (secondary N) is 2. The van der Waals surface area contributed by atoms with Crippen molar-refractivity contribution in [2.75, 3.05) is 22.1 Å². The molecule has 2 aromatic rings. The van der Waals surface area contributed by atoms with E-state index in [4.69, 9.17) is 14.2 Å². The number of rotatable bonds is 9. The van der Waals surface area contributed by atoms with Crippen LogP contribution in [-0.4, -0.2) is 146 Å². The van der Waals surface area contributed by atoms with Gasteiger partial charge in [-0.1, -0.05) is 19.1 Å². The van der Waals surface area contributed by atoms with Gasteiger partial charge >= 0.3 is 0 Å². The van der Waals surface area contributed by atoms with Gasteiger partial charge in [0.2, 0.25) is 8.41 Å². The smallest absolute Gasteiger partial charge is 0.264 e. The highest BCUT2D eigenvalue weighted by Crippen LogP contribution is 2.60. The van der Waals surface area contributed by atoms with Crippen molar-refractivity contribution in [3.05, 3.63) is 53.6 Å². The first kappa shape index (κ1) is 41.2. The first-order valence-corrected chi connectivity index (χ1v) is 20.7. The molecule has 3 fully saturated rings. The van der Waals surface area contributed by atoms with E-state index >= 15 is 4.11 Å². The second-order valence-electron chi connectivity index (χ2n) is 14.9. The van der Waals surface area contributed by atoms with Crippen LogP contribution in [0.5, 0.6) is 0 Å². The molecule has 11 N–H and O–H groups in total. The maximum atomic E-state index is 16.1. The number of benzene rings is 2. The summed E-state index contributed by atoms with van der Waals surface area (Å²) in [6.45, 7) is 4.22. The third kappa shape index (κ3) is 7.31. The number of nitrogens with zero attached hydrogens (tertiary/aromatic N) is 1. The lowest BCUT2D eigenvalue weighted by Crippen LogP contribution is -2.60. The number of halogens is 1. The van der Waals surface area contributed by atoms with E-state index in [0.717, 1.165) is 0 Å². The van der Waals surface area contributed by atoms with Crippen molar-refractivity contribution in [3.63, 3.8) is 0 Å². The van der Waals surface area contributed by atoms with Gasteiger partial charge in [0.25, 0.3) is 17.7 Å². The van der Waals surface area contributed by atoms with Crippen molar-refractivity contribution >= 4 is 43.2 Å². The lowest BCUT2D eigenvalue weighted by Gasteiger charge is -2.37. The molecule has 0 bridgehead atoms. The monoisotopic (exact) mass is 795 g/mol. The molecule has 0 radical (unpaired) electrons. The normalized spacial score (nSPS) is 37.6. The zero-order chi connectivity index (χ0) is 40.3. The van der Waals surface area contributed by atoms with Crippen molar-refractivity contribution in [3.8, 4) is 0 Å². The number of carbonyl (C=O) groups excluding carboxylic acids is 3. The van der Waals surface area contributed by atoms with Crippen LogP contribution in [0.25, 0.3) is 0 Å². The molecule has 4 heterocycles. The number of amides is 3. The van der Waals surface area contributed by atoms with Gasteiger partial charge in [-0.05, 0) is 55.4 Å². The number of aliphatic hydroxyl groups is 9. The number of carbonyl (C=O) groups is 3. The molecule has 2 aromatic carbocycles. The van der Waals surface area contributed by atoms with Crippen LogP contribution >= 0.6 is 0 Å².